The fourth-order valence-corrected chi connectivity index (χ4v) is 5.62. The van der Waals surface area contributed by atoms with E-state index in [1.807, 2.05) is 0 Å². The Bertz CT molecular complexity index is 455. The summed E-state index contributed by atoms with van der Waals surface area (Å²) in [6, 6.07) is 0. The van der Waals surface area contributed by atoms with Gasteiger partial charge in [-0.2, -0.15) is 0 Å². The molecule has 0 heterocycles. The highest BCUT2D eigenvalue weighted by atomic mass is 31.2. The quantitative estimate of drug-likeness (QED) is 0.0660. The fraction of sp³-hybridized carbons (Fsp3) is 1.00. The van der Waals surface area contributed by atoms with Gasteiger partial charge in [-0.05, 0) is 6.42 Å². The standard InChI is InChI=1S/C32H67O3P/c1-4-5-6-7-8-9-10-11-12-13-14-15-16-17-18-19-20-21-22-23-24-25-26-27-28-29-30-31-32-35-36(3,33)34-2/h4-32H2,1-3H3. The van der Waals surface area contributed by atoms with Crippen molar-refractivity contribution in [2.45, 2.75) is 187 Å². The first-order valence-electron chi connectivity index (χ1n) is 16.4. The Hall–Kier alpha value is 0.150. The van der Waals surface area contributed by atoms with Crippen LogP contribution >= 0.6 is 7.60 Å². The summed E-state index contributed by atoms with van der Waals surface area (Å²) in [6.07, 6.45) is 39.5. The van der Waals surface area contributed by atoms with Crippen molar-refractivity contribution >= 4 is 7.60 Å². The number of unbranched alkanes of at least 4 members (excludes halogenated alkanes) is 27. The summed E-state index contributed by atoms with van der Waals surface area (Å²) in [6.45, 7) is 4.39. The van der Waals surface area contributed by atoms with Gasteiger partial charge < -0.3 is 9.05 Å². The SMILES string of the molecule is CCCCCCCCCCCCCCCCCCCCCCCCCCCCCCOP(C)(=O)OC. The predicted octanol–water partition coefficient (Wildman–Crippen LogP) is 12.4. The van der Waals surface area contributed by atoms with E-state index in [-0.39, 0.29) is 0 Å². The number of rotatable bonds is 31. The molecule has 0 radical (unpaired) electrons. The van der Waals surface area contributed by atoms with Crippen molar-refractivity contribution in [2.24, 2.45) is 0 Å². The molecule has 0 aliphatic rings. The number of hydrogen-bond acceptors (Lipinski definition) is 3. The van der Waals surface area contributed by atoms with Crippen molar-refractivity contribution in [3.63, 3.8) is 0 Å². The second-order valence-corrected chi connectivity index (χ2v) is 13.5. The average molecular weight is 531 g/mol. The fourth-order valence-electron chi connectivity index (χ4n) is 5.05. The second kappa shape index (κ2) is 29.7. The molecule has 4 heteroatoms. The minimum atomic E-state index is -2.77. The molecular formula is C32H67O3P. The van der Waals surface area contributed by atoms with E-state index < -0.39 is 7.60 Å². The van der Waals surface area contributed by atoms with Crippen molar-refractivity contribution < 1.29 is 13.6 Å². The van der Waals surface area contributed by atoms with Crippen molar-refractivity contribution in [1.29, 1.82) is 0 Å². The van der Waals surface area contributed by atoms with Crippen LogP contribution < -0.4 is 0 Å². The van der Waals surface area contributed by atoms with Gasteiger partial charge in [0.15, 0.2) is 0 Å². The molecule has 0 N–H and O–H groups in total. The number of hydrogen-bond donors (Lipinski definition) is 0. The predicted molar refractivity (Wildman–Crippen MR) is 161 cm³/mol. The molecule has 1 atom stereocenters. The van der Waals surface area contributed by atoms with Crippen LogP contribution in [0.5, 0.6) is 0 Å². The van der Waals surface area contributed by atoms with Crippen LogP contribution in [0, 0.1) is 0 Å². The van der Waals surface area contributed by atoms with Crippen LogP contribution in [-0.2, 0) is 13.6 Å². The van der Waals surface area contributed by atoms with Crippen molar-refractivity contribution in [3.8, 4) is 0 Å². The molecular weight excluding hydrogens is 463 g/mol. The van der Waals surface area contributed by atoms with Crippen LogP contribution in [0.1, 0.15) is 187 Å². The molecule has 0 aliphatic carbocycles. The zero-order valence-electron chi connectivity index (χ0n) is 25.2. The van der Waals surface area contributed by atoms with Gasteiger partial charge >= 0.3 is 7.60 Å². The van der Waals surface area contributed by atoms with Crippen LogP contribution in [0.3, 0.4) is 0 Å². The van der Waals surface area contributed by atoms with Crippen LogP contribution in [-0.4, -0.2) is 20.4 Å². The Morgan fingerprint density at radius 3 is 0.861 bits per heavy atom. The molecule has 0 aromatic carbocycles. The lowest BCUT2D eigenvalue weighted by Gasteiger charge is -2.10. The van der Waals surface area contributed by atoms with Gasteiger partial charge in [-0.25, -0.2) is 0 Å². The maximum Gasteiger partial charge on any atom is 0.327 e. The van der Waals surface area contributed by atoms with E-state index in [0.29, 0.717) is 6.61 Å². The third kappa shape index (κ3) is 30.4. The minimum absolute atomic E-state index is 0.557. The Morgan fingerprint density at radius 1 is 0.417 bits per heavy atom. The Balaban J connectivity index is 3.06. The lowest BCUT2D eigenvalue weighted by Crippen LogP contribution is -1.94. The van der Waals surface area contributed by atoms with E-state index in [1.54, 1.807) is 0 Å². The van der Waals surface area contributed by atoms with Gasteiger partial charge in [-0.15, -0.1) is 0 Å². The molecule has 0 rings (SSSR count). The molecule has 36 heavy (non-hydrogen) atoms. The Kier molecular flexibility index (Phi) is 29.8. The van der Waals surface area contributed by atoms with Crippen LogP contribution in [0.25, 0.3) is 0 Å². The van der Waals surface area contributed by atoms with E-state index >= 15 is 0 Å². The van der Waals surface area contributed by atoms with Crippen molar-refractivity contribution in [2.75, 3.05) is 20.4 Å². The smallest absolute Gasteiger partial charge is 0.312 e. The summed E-state index contributed by atoms with van der Waals surface area (Å²) in [5.41, 5.74) is 0. The first-order valence-corrected chi connectivity index (χ1v) is 18.4. The lowest BCUT2D eigenvalue weighted by molar-refractivity contribution is 0.233. The van der Waals surface area contributed by atoms with E-state index in [9.17, 15) is 4.57 Å². The molecule has 0 fully saturated rings. The van der Waals surface area contributed by atoms with Gasteiger partial charge in [0, 0.05) is 13.8 Å². The summed E-state index contributed by atoms with van der Waals surface area (Å²) < 4.78 is 21.7. The normalized spacial score (nSPS) is 13.3. The molecule has 0 aliphatic heterocycles. The van der Waals surface area contributed by atoms with E-state index in [2.05, 4.69) is 6.92 Å². The van der Waals surface area contributed by atoms with E-state index in [0.717, 1.165) is 6.42 Å². The maximum absolute atomic E-state index is 11.6. The summed E-state index contributed by atoms with van der Waals surface area (Å²) >= 11 is 0. The average Bonchev–Trinajstić information content (AvgIpc) is 2.87. The molecule has 218 valence electrons. The molecule has 0 spiro atoms. The van der Waals surface area contributed by atoms with E-state index in [1.165, 1.54) is 187 Å². The Labute approximate surface area is 228 Å². The van der Waals surface area contributed by atoms with Crippen molar-refractivity contribution in [3.05, 3.63) is 0 Å². The molecule has 0 bridgehead atoms. The molecule has 0 aromatic rings. The summed E-state index contributed by atoms with van der Waals surface area (Å²) in [4.78, 5) is 0. The van der Waals surface area contributed by atoms with Gasteiger partial charge in [0.1, 0.15) is 0 Å². The molecule has 0 saturated carbocycles. The molecule has 0 saturated heterocycles. The van der Waals surface area contributed by atoms with Gasteiger partial charge in [0.2, 0.25) is 0 Å². The second-order valence-electron chi connectivity index (χ2n) is 11.3. The van der Waals surface area contributed by atoms with Crippen LogP contribution in [0.15, 0.2) is 0 Å². The zero-order chi connectivity index (χ0) is 26.4. The minimum Gasteiger partial charge on any atom is -0.312 e. The molecule has 3 nitrogen and oxygen atoms in total. The molecule has 0 aromatic heterocycles. The monoisotopic (exact) mass is 530 g/mol. The Morgan fingerprint density at radius 2 is 0.639 bits per heavy atom. The largest absolute Gasteiger partial charge is 0.327 e. The maximum atomic E-state index is 11.6. The van der Waals surface area contributed by atoms with Gasteiger partial charge in [0.25, 0.3) is 0 Å². The van der Waals surface area contributed by atoms with Crippen LogP contribution in [0.2, 0.25) is 0 Å². The summed E-state index contributed by atoms with van der Waals surface area (Å²) in [7, 11) is -1.33. The van der Waals surface area contributed by atoms with Gasteiger partial charge in [-0.1, -0.05) is 180 Å². The first-order chi connectivity index (χ1) is 17.6. The van der Waals surface area contributed by atoms with Gasteiger partial charge in [-0.3, -0.25) is 4.57 Å². The third-order valence-corrected chi connectivity index (χ3v) is 8.97. The topological polar surface area (TPSA) is 35.5 Å². The highest BCUT2D eigenvalue weighted by molar-refractivity contribution is 7.52. The molecule has 1 unspecified atom stereocenters. The zero-order valence-corrected chi connectivity index (χ0v) is 26.1. The third-order valence-electron chi connectivity index (χ3n) is 7.66. The van der Waals surface area contributed by atoms with E-state index in [4.69, 9.17) is 9.05 Å². The summed E-state index contributed by atoms with van der Waals surface area (Å²) in [5.74, 6) is 0. The highest BCUT2D eigenvalue weighted by Crippen LogP contribution is 2.42. The lowest BCUT2D eigenvalue weighted by atomic mass is 10.0. The van der Waals surface area contributed by atoms with Crippen LogP contribution in [0.4, 0.5) is 0 Å². The first kappa shape index (κ1) is 36.1. The molecule has 0 amide bonds. The summed E-state index contributed by atoms with van der Waals surface area (Å²) in [5, 5.41) is 0. The van der Waals surface area contributed by atoms with Gasteiger partial charge in [0.05, 0.1) is 6.61 Å². The highest BCUT2D eigenvalue weighted by Gasteiger charge is 2.12. The van der Waals surface area contributed by atoms with Crippen molar-refractivity contribution in [1.82, 2.24) is 0 Å².